The number of hydrogen-bond acceptors (Lipinski definition) is 2. The lowest BCUT2D eigenvalue weighted by atomic mass is 9.70. The molecule has 0 aromatic rings. The Labute approximate surface area is 138 Å². The summed E-state index contributed by atoms with van der Waals surface area (Å²) in [4.78, 5) is 2.56. The van der Waals surface area contributed by atoms with Gasteiger partial charge in [0.05, 0.1) is 5.76 Å². The minimum atomic E-state index is 0.492. The van der Waals surface area contributed by atoms with Gasteiger partial charge in [-0.25, -0.2) is 0 Å². The van der Waals surface area contributed by atoms with Crippen molar-refractivity contribution in [2.45, 2.75) is 78.6 Å². The molecular weight excluding hydrogens is 270 g/mol. The van der Waals surface area contributed by atoms with E-state index in [0.717, 1.165) is 25.5 Å². The molecular formula is C20H37NO. The molecule has 22 heavy (non-hydrogen) atoms. The summed E-state index contributed by atoms with van der Waals surface area (Å²) < 4.78 is 6.05. The Balaban J connectivity index is 1.67. The Morgan fingerprint density at radius 1 is 1.23 bits per heavy atom. The molecule has 2 heteroatoms. The fourth-order valence-electron chi connectivity index (χ4n) is 3.98. The molecule has 1 aliphatic heterocycles. The van der Waals surface area contributed by atoms with E-state index >= 15 is 0 Å². The van der Waals surface area contributed by atoms with Gasteiger partial charge < -0.3 is 4.74 Å². The topological polar surface area (TPSA) is 12.5 Å². The van der Waals surface area contributed by atoms with Gasteiger partial charge in [0.1, 0.15) is 6.61 Å². The highest BCUT2D eigenvalue weighted by Crippen LogP contribution is 2.41. The number of hydrogen-bond donors (Lipinski definition) is 0. The van der Waals surface area contributed by atoms with Crippen molar-refractivity contribution < 1.29 is 4.74 Å². The van der Waals surface area contributed by atoms with Crippen LogP contribution in [0.4, 0.5) is 0 Å². The largest absolute Gasteiger partial charge is 0.497 e. The van der Waals surface area contributed by atoms with Crippen molar-refractivity contribution in [1.82, 2.24) is 4.90 Å². The number of rotatable bonds is 8. The summed E-state index contributed by atoms with van der Waals surface area (Å²) in [6.45, 7) is 11.8. The predicted octanol–water partition coefficient (Wildman–Crippen LogP) is 5.39. The van der Waals surface area contributed by atoms with Gasteiger partial charge in [-0.15, -0.1) is 0 Å². The van der Waals surface area contributed by atoms with E-state index in [1.165, 1.54) is 70.2 Å². The number of ether oxygens (including phenoxy) is 1. The van der Waals surface area contributed by atoms with Gasteiger partial charge in [0.25, 0.3) is 0 Å². The zero-order valence-corrected chi connectivity index (χ0v) is 15.2. The van der Waals surface area contributed by atoms with E-state index in [2.05, 4.69) is 31.7 Å². The molecule has 0 radical (unpaired) electrons. The van der Waals surface area contributed by atoms with Crippen LogP contribution in [0, 0.1) is 11.3 Å². The molecule has 2 aliphatic rings. The zero-order valence-electron chi connectivity index (χ0n) is 15.2. The summed E-state index contributed by atoms with van der Waals surface area (Å²) in [6, 6.07) is 0. The van der Waals surface area contributed by atoms with Crippen LogP contribution in [0.15, 0.2) is 11.8 Å². The van der Waals surface area contributed by atoms with E-state index in [9.17, 15) is 0 Å². The van der Waals surface area contributed by atoms with E-state index in [1.807, 2.05) is 0 Å². The Kier molecular flexibility index (Phi) is 7.27. The Bertz CT molecular complexity index is 342. The van der Waals surface area contributed by atoms with E-state index in [4.69, 9.17) is 4.74 Å². The molecule has 1 unspecified atom stereocenters. The van der Waals surface area contributed by atoms with Crippen molar-refractivity contribution in [2.75, 3.05) is 26.2 Å². The van der Waals surface area contributed by atoms with Crippen LogP contribution in [0.3, 0.4) is 0 Å². The van der Waals surface area contributed by atoms with Crippen molar-refractivity contribution in [2.24, 2.45) is 11.3 Å². The van der Waals surface area contributed by atoms with Gasteiger partial charge in [-0.2, -0.15) is 0 Å². The second kappa shape index (κ2) is 8.96. The van der Waals surface area contributed by atoms with Crippen LogP contribution in [0.25, 0.3) is 0 Å². The average Bonchev–Trinajstić information content (AvgIpc) is 2.54. The molecule has 128 valence electrons. The molecule has 1 fully saturated rings. The maximum absolute atomic E-state index is 6.05. The fraction of sp³-hybridized carbons (Fsp3) is 0.900. The van der Waals surface area contributed by atoms with Crippen LogP contribution in [-0.2, 0) is 4.74 Å². The molecule has 1 saturated heterocycles. The Morgan fingerprint density at radius 3 is 2.64 bits per heavy atom. The molecule has 1 atom stereocenters. The monoisotopic (exact) mass is 307 g/mol. The van der Waals surface area contributed by atoms with E-state index in [-0.39, 0.29) is 0 Å². The third-order valence-electron chi connectivity index (χ3n) is 5.79. The second-order valence-corrected chi connectivity index (χ2v) is 7.98. The zero-order chi connectivity index (χ0) is 15.8. The molecule has 0 aromatic heterocycles. The number of likely N-dealkylation sites (tertiary alicyclic amines) is 1. The van der Waals surface area contributed by atoms with Gasteiger partial charge in [0.15, 0.2) is 0 Å². The summed E-state index contributed by atoms with van der Waals surface area (Å²) in [5.74, 6) is 2.10. The van der Waals surface area contributed by atoms with Gasteiger partial charge in [-0.05, 0) is 62.6 Å². The third kappa shape index (κ3) is 5.61. The molecule has 1 heterocycles. The molecule has 0 saturated carbocycles. The number of nitrogens with zero attached hydrogens (tertiary/aromatic N) is 1. The number of unbranched alkanes of at least 4 members (excludes halogenated alkanes) is 1. The average molecular weight is 308 g/mol. The number of allylic oxidation sites excluding steroid dienone is 2. The van der Waals surface area contributed by atoms with Crippen LogP contribution >= 0.6 is 0 Å². The second-order valence-electron chi connectivity index (χ2n) is 7.98. The molecule has 0 N–H and O–H groups in total. The smallest absolute Gasteiger partial charge is 0.100 e. The highest BCUT2D eigenvalue weighted by molar-refractivity contribution is 5.01. The summed E-state index contributed by atoms with van der Waals surface area (Å²) in [6.07, 6.45) is 14.3. The van der Waals surface area contributed by atoms with Crippen LogP contribution < -0.4 is 0 Å². The standard InChI is InChI=1S/C20H37NO/c1-4-5-13-20(2,3)18-9-11-19(12-10-18)22-17-16-21-14-7-6-8-15-21/h11,18H,4-10,12-17H2,1-3H3. The molecule has 0 bridgehead atoms. The highest BCUT2D eigenvalue weighted by atomic mass is 16.5. The minimum Gasteiger partial charge on any atom is -0.497 e. The van der Waals surface area contributed by atoms with Crippen LogP contribution in [0.2, 0.25) is 0 Å². The molecule has 0 spiro atoms. The van der Waals surface area contributed by atoms with Gasteiger partial charge in [0, 0.05) is 13.0 Å². The van der Waals surface area contributed by atoms with Crippen molar-refractivity contribution in [3.05, 3.63) is 11.8 Å². The van der Waals surface area contributed by atoms with Crippen molar-refractivity contribution in [1.29, 1.82) is 0 Å². The lowest BCUT2D eigenvalue weighted by molar-refractivity contribution is 0.117. The van der Waals surface area contributed by atoms with E-state index in [1.54, 1.807) is 0 Å². The third-order valence-corrected chi connectivity index (χ3v) is 5.79. The molecule has 0 aromatic carbocycles. The highest BCUT2D eigenvalue weighted by Gasteiger charge is 2.30. The first-order chi connectivity index (χ1) is 10.6. The Hall–Kier alpha value is -0.500. The molecule has 2 rings (SSSR count). The maximum atomic E-state index is 6.05. The summed E-state index contributed by atoms with van der Waals surface area (Å²) in [5.41, 5.74) is 0.492. The fourth-order valence-corrected chi connectivity index (χ4v) is 3.98. The van der Waals surface area contributed by atoms with Crippen molar-refractivity contribution in [3.63, 3.8) is 0 Å². The van der Waals surface area contributed by atoms with E-state index in [0.29, 0.717) is 5.41 Å². The summed E-state index contributed by atoms with van der Waals surface area (Å²) in [5, 5.41) is 0. The van der Waals surface area contributed by atoms with Crippen LogP contribution in [0.1, 0.15) is 78.6 Å². The first-order valence-electron chi connectivity index (χ1n) is 9.66. The normalized spacial score (nSPS) is 24.1. The maximum Gasteiger partial charge on any atom is 0.100 e. The van der Waals surface area contributed by atoms with Gasteiger partial charge in [-0.3, -0.25) is 4.90 Å². The molecule has 2 nitrogen and oxygen atoms in total. The van der Waals surface area contributed by atoms with Crippen LogP contribution in [-0.4, -0.2) is 31.1 Å². The minimum absolute atomic E-state index is 0.492. The van der Waals surface area contributed by atoms with Gasteiger partial charge >= 0.3 is 0 Å². The van der Waals surface area contributed by atoms with Crippen molar-refractivity contribution >= 4 is 0 Å². The number of piperidine rings is 1. The Morgan fingerprint density at radius 2 is 2.00 bits per heavy atom. The quantitative estimate of drug-likeness (QED) is 0.596. The van der Waals surface area contributed by atoms with Crippen LogP contribution in [0.5, 0.6) is 0 Å². The lowest BCUT2D eigenvalue weighted by Crippen LogP contribution is -2.32. The first kappa shape index (κ1) is 17.8. The summed E-state index contributed by atoms with van der Waals surface area (Å²) >= 11 is 0. The SMILES string of the molecule is CCCCC(C)(C)C1CC=C(OCCN2CCCCC2)CC1. The first-order valence-corrected chi connectivity index (χ1v) is 9.66. The van der Waals surface area contributed by atoms with E-state index < -0.39 is 0 Å². The van der Waals surface area contributed by atoms with Crippen molar-refractivity contribution in [3.8, 4) is 0 Å². The van der Waals surface area contributed by atoms with Gasteiger partial charge in [0.2, 0.25) is 0 Å². The molecule has 0 amide bonds. The predicted molar refractivity (Wildman–Crippen MR) is 95.0 cm³/mol. The summed E-state index contributed by atoms with van der Waals surface area (Å²) in [7, 11) is 0. The molecule has 1 aliphatic carbocycles. The lowest BCUT2D eigenvalue weighted by Gasteiger charge is -2.36. The van der Waals surface area contributed by atoms with Gasteiger partial charge in [-0.1, -0.05) is 40.0 Å².